The third-order valence-electron chi connectivity index (χ3n) is 4.32. The molecule has 1 N–H and O–H groups in total. The van der Waals surface area contributed by atoms with Gasteiger partial charge < -0.3 is 14.4 Å². The Morgan fingerprint density at radius 3 is 2.78 bits per heavy atom. The number of nitrogens with zero attached hydrogens (tertiary/aromatic N) is 4. The van der Waals surface area contributed by atoms with E-state index in [1.165, 1.54) is 11.3 Å². The fourth-order valence-electron chi connectivity index (χ4n) is 2.99. The lowest BCUT2D eigenvalue weighted by Gasteiger charge is -2.16. The van der Waals surface area contributed by atoms with Gasteiger partial charge in [0.25, 0.3) is 0 Å². The maximum absolute atomic E-state index is 12.8. The van der Waals surface area contributed by atoms with Gasteiger partial charge in [-0.3, -0.25) is 4.90 Å². The Kier molecular flexibility index (Phi) is 4.36. The fourth-order valence-corrected chi connectivity index (χ4v) is 3.92. The van der Waals surface area contributed by atoms with E-state index in [2.05, 4.69) is 9.97 Å². The van der Waals surface area contributed by atoms with Crippen molar-refractivity contribution in [3.63, 3.8) is 0 Å². The van der Waals surface area contributed by atoms with Gasteiger partial charge in [-0.2, -0.15) is 0 Å². The predicted molar refractivity (Wildman–Crippen MR) is 98.9 cm³/mol. The second-order valence-corrected chi connectivity index (χ2v) is 7.04. The summed E-state index contributed by atoms with van der Waals surface area (Å²) in [5.74, 6) is -0.394. The number of carboxylic acid groups (broad SMARTS) is 1. The number of rotatable bonds is 5. The molecule has 2 aromatic heterocycles. The molecule has 1 saturated heterocycles. The number of thiazole rings is 1. The van der Waals surface area contributed by atoms with Gasteiger partial charge in [0.05, 0.1) is 12.2 Å². The third kappa shape index (κ3) is 3.17. The van der Waals surface area contributed by atoms with E-state index in [1.54, 1.807) is 11.8 Å². The third-order valence-corrected chi connectivity index (χ3v) is 5.49. The highest BCUT2D eigenvalue weighted by Gasteiger charge is 2.33. The number of aromatic nitrogens is 2. The van der Waals surface area contributed by atoms with Crippen LogP contribution in [-0.2, 0) is 6.54 Å². The highest BCUT2D eigenvalue weighted by atomic mass is 32.1. The Hall–Kier alpha value is -3.20. The average molecular weight is 384 g/mol. The summed E-state index contributed by atoms with van der Waals surface area (Å²) in [4.78, 5) is 35.8. The second-order valence-electron chi connectivity index (χ2n) is 6.07. The van der Waals surface area contributed by atoms with Crippen LogP contribution in [0, 0.1) is 6.92 Å². The van der Waals surface area contributed by atoms with Crippen LogP contribution in [0.3, 0.4) is 0 Å². The molecule has 1 aromatic carbocycles. The number of aryl methyl sites for hydroxylation is 1. The van der Waals surface area contributed by atoms with Crippen LogP contribution in [0.25, 0.3) is 11.3 Å². The van der Waals surface area contributed by atoms with Crippen molar-refractivity contribution >= 4 is 28.5 Å². The van der Waals surface area contributed by atoms with Gasteiger partial charge in [0, 0.05) is 18.7 Å². The lowest BCUT2D eigenvalue weighted by atomic mass is 10.1. The van der Waals surface area contributed by atoms with Gasteiger partial charge in [0.2, 0.25) is 0 Å². The van der Waals surface area contributed by atoms with Crippen molar-refractivity contribution in [2.45, 2.75) is 13.5 Å². The molecule has 0 saturated carbocycles. The van der Waals surface area contributed by atoms with Crippen molar-refractivity contribution in [3.05, 3.63) is 53.0 Å². The normalized spacial score (nSPS) is 14.2. The number of carbonyl (C=O) groups is 2. The molecule has 8 nitrogen and oxygen atoms in total. The van der Waals surface area contributed by atoms with E-state index in [0.717, 1.165) is 16.9 Å². The summed E-state index contributed by atoms with van der Waals surface area (Å²) in [5.41, 5.74) is 1.99. The minimum absolute atomic E-state index is 0.152. The molecular weight excluding hydrogens is 368 g/mol. The number of hydrogen-bond donors (Lipinski definition) is 1. The first-order valence-corrected chi connectivity index (χ1v) is 9.11. The first-order valence-electron chi connectivity index (χ1n) is 8.29. The van der Waals surface area contributed by atoms with E-state index in [-0.39, 0.29) is 10.9 Å². The lowest BCUT2D eigenvalue weighted by molar-refractivity contribution is 0.0701. The van der Waals surface area contributed by atoms with Crippen LogP contribution in [0.1, 0.15) is 21.1 Å². The maximum Gasteiger partial charge on any atom is 0.347 e. The molecular formula is C18H16N4O4S. The van der Waals surface area contributed by atoms with Crippen LogP contribution in [-0.4, -0.2) is 45.1 Å². The molecule has 0 atom stereocenters. The smallest absolute Gasteiger partial charge is 0.347 e. The number of hydrogen-bond acceptors (Lipinski definition) is 6. The number of aromatic carboxylic acids is 1. The van der Waals surface area contributed by atoms with E-state index >= 15 is 0 Å². The molecule has 4 rings (SSSR count). The van der Waals surface area contributed by atoms with E-state index in [9.17, 15) is 14.7 Å². The number of anilines is 1. The quantitative estimate of drug-likeness (QED) is 0.725. The molecule has 3 aromatic rings. The standard InChI is InChI=1S/C18H16N4O4S/c1-11-15(16(23)24)27-17(20-11)22-8-7-21(18(22)25)9-13-14(26-10-19-13)12-5-3-2-4-6-12/h2-6,10H,7-9H2,1H3,(H,23,24). The molecule has 1 aliphatic heterocycles. The molecule has 0 spiro atoms. The van der Waals surface area contributed by atoms with Gasteiger partial charge >= 0.3 is 12.0 Å². The Morgan fingerprint density at radius 2 is 2.07 bits per heavy atom. The van der Waals surface area contributed by atoms with Crippen molar-refractivity contribution < 1.29 is 19.1 Å². The SMILES string of the molecule is Cc1nc(N2CCN(Cc3ncoc3-c3ccccc3)C2=O)sc1C(=O)O. The molecule has 1 fully saturated rings. The summed E-state index contributed by atoms with van der Waals surface area (Å²) in [6.45, 7) is 2.89. The molecule has 0 radical (unpaired) electrons. The van der Waals surface area contributed by atoms with Crippen molar-refractivity contribution in [2.24, 2.45) is 0 Å². The average Bonchev–Trinajstić information content (AvgIpc) is 3.36. The topological polar surface area (TPSA) is 99.8 Å². The zero-order valence-electron chi connectivity index (χ0n) is 14.5. The number of oxazole rings is 1. The minimum atomic E-state index is -1.03. The molecule has 0 unspecified atom stereocenters. The van der Waals surface area contributed by atoms with Gasteiger partial charge in [-0.15, -0.1) is 0 Å². The van der Waals surface area contributed by atoms with Crippen molar-refractivity contribution in [2.75, 3.05) is 18.0 Å². The van der Waals surface area contributed by atoms with Gasteiger partial charge in [-0.25, -0.2) is 19.6 Å². The van der Waals surface area contributed by atoms with E-state index in [4.69, 9.17) is 4.42 Å². The van der Waals surface area contributed by atoms with Crippen molar-refractivity contribution in [1.82, 2.24) is 14.9 Å². The number of urea groups is 1. The molecule has 138 valence electrons. The number of benzene rings is 1. The Labute approximate surface area is 158 Å². The highest BCUT2D eigenvalue weighted by molar-refractivity contribution is 7.17. The summed E-state index contributed by atoms with van der Waals surface area (Å²) in [5, 5.41) is 9.59. The summed E-state index contributed by atoms with van der Waals surface area (Å²) < 4.78 is 5.51. The molecule has 0 bridgehead atoms. The van der Waals surface area contributed by atoms with E-state index in [0.29, 0.717) is 41.9 Å². The number of amides is 2. The number of carbonyl (C=O) groups excluding carboxylic acids is 1. The first kappa shape index (κ1) is 17.2. The van der Waals surface area contributed by atoms with Gasteiger partial charge in [-0.1, -0.05) is 41.7 Å². The summed E-state index contributed by atoms with van der Waals surface area (Å²) in [6, 6.07) is 9.37. The van der Waals surface area contributed by atoms with Crippen LogP contribution < -0.4 is 4.90 Å². The molecule has 0 aliphatic carbocycles. The minimum Gasteiger partial charge on any atom is -0.477 e. The van der Waals surface area contributed by atoms with Crippen LogP contribution in [0.5, 0.6) is 0 Å². The Balaban J connectivity index is 1.53. The van der Waals surface area contributed by atoms with Gasteiger partial charge in [0.15, 0.2) is 17.3 Å². The first-order chi connectivity index (χ1) is 13.0. The zero-order chi connectivity index (χ0) is 19.0. The summed E-state index contributed by atoms with van der Waals surface area (Å²) in [7, 11) is 0. The van der Waals surface area contributed by atoms with Crippen LogP contribution >= 0.6 is 11.3 Å². The lowest BCUT2D eigenvalue weighted by Crippen LogP contribution is -2.31. The van der Waals surface area contributed by atoms with Gasteiger partial charge in [-0.05, 0) is 6.92 Å². The van der Waals surface area contributed by atoms with Crippen LogP contribution in [0.15, 0.2) is 41.1 Å². The monoisotopic (exact) mass is 384 g/mol. The molecule has 1 aliphatic rings. The zero-order valence-corrected chi connectivity index (χ0v) is 15.3. The summed E-state index contributed by atoms with van der Waals surface area (Å²) >= 11 is 1.01. The highest BCUT2D eigenvalue weighted by Crippen LogP contribution is 2.30. The maximum atomic E-state index is 12.8. The van der Waals surface area contributed by atoms with Crippen molar-refractivity contribution in [3.8, 4) is 11.3 Å². The summed E-state index contributed by atoms with van der Waals surface area (Å²) in [6.07, 6.45) is 1.37. The Bertz CT molecular complexity index is 998. The van der Waals surface area contributed by atoms with E-state index < -0.39 is 5.97 Å². The number of carboxylic acids is 1. The molecule has 9 heteroatoms. The Morgan fingerprint density at radius 1 is 1.30 bits per heavy atom. The largest absolute Gasteiger partial charge is 0.477 e. The van der Waals surface area contributed by atoms with Crippen molar-refractivity contribution in [1.29, 1.82) is 0 Å². The van der Waals surface area contributed by atoms with Gasteiger partial charge in [0.1, 0.15) is 10.6 Å². The fraction of sp³-hybridized carbons (Fsp3) is 0.222. The van der Waals surface area contributed by atoms with Crippen LogP contribution in [0.2, 0.25) is 0 Å². The second kappa shape index (κ2) is 6.84. The predicted octanol–water partition coefficient (Wildman–Crippen LogP) is 3.25. The van der Waals surface area contributed by atoms with Crippen LogP contribution in [0.4, 0.5) is 9.93 Å². The molecule has 2 amide bonds. The van der Waals surface area contributed by atoms with E-state index in [1.807, 2.05) is 30.3 Å². The molecule has 3 heterocycles. The molecule has 27 heavy (non-hydrogen) atoms.